The summed E-state index contributed by atoms with van der Waals surface area (Å²) in [6, 6.07) is 6.68. The molecule has 0 fully saturated rings. The van der Waals surface area contributed by atoms with Crippen molar-refractivity contribution in [2.24, 2.45) is 0 Å². The van der Waals surface area contributed by atoms with E-state index in [2.05, 4.69) is 15.3 Å². The molecule has 0 aliphatic rings. The van der Waals surface area contributed by atoms with E-state index in [9.17, 15) is 9.59 Å². The third kappa shape index (κ3) is 2.90. The van der Waals surface area contributed by atoms with Crippen LogP contribution in [0.25, 0.3) is 10.9 Å². The van der Waals surface area contributed by atoms with Crippen LogP contribution in [-0.2, 0) is 6.54 Å². The Morgan fingerprint density at radius 2 is 2.21 bits per heavy atom. The molecule has 24 heavy (non-hydrogen) atoms. The number of nitriles is 1. The Morgan fingerprint density at radius 3 is 2.96 bits per heavy atom. The molecular formula is C17H15N5O2. The zero-order chi connectivity index (χ0) is 17.1. The van der Waals surface area contributed by atoms with Crippen molar-refractivity contribution < 1.29 is 0 Å². The van der Waals surface area contributed by atoms with Gasteiger partial charge in [0.15, 0.2) is 0 Å². The largest absolute Gasteiger partial charge is 0.383 e. The monoisotopic (exact) mass is 321 g/mol. The lowest BCUT2D eigenvalue weighted by atomic mass is 10.2. The lowest BCUT2D eigenvalue weighted by Crippen LogP contribution is -2.25. The number of hydrogen-bond acceptors (Lipinski definition) is 5. The van der Waals surface area contributed by atoms with Crippen LogP contribution < -0.4 is 16.4 Å². The van der Waals surface area contributed by atoms with E-state index < -0.39 is 5.56 Å². The topological polar surface area (TPSA) is 104 Å². The van der Waals surface area contributed by atoms with Gasteiger partial charge in [0, 0.05) is 37.4 Å². The number of hydrogen-bond donors (Lipinski definition) is 2. The first kappa shape index (κ1) is 15.5. The van der Waals surface area contributed by atoms with Gasteiger partial charge in [-0.15, -0.1) is 0 Å². The first-order valence-corrected chi connectivity index (χ1v) is 7.41. The molecule has 0 atom stereocenters. The Morgan fingerprint density at radius 1 is 1.38 bits per heavy atom. The Balaban J connectivity index is 1.85. The van der Waals surface area contributed by atoms with Crippen molar-refractivity contribution in [1.29, 1.82) is 5.26 Å². The highest BCUT2D eigenvalue weighted by molar-refractivity contribution is 5.78. The van der Waals surface area contributed by atoms with Gasteiger partial charge in [0.1, 0.15) is 11.6 Å². The lowest BCUT2D eigenvalue weighted by molar-refractivity contribution is 0.703. The summed E-state index contributed by atoms with van der Waals surface area (Å²) in [7, 11) is 0. The maximum absolute atomic E-state index is 12.5. The summed E-state index contributed by atoms with van der Waals surface area (Å²) in [6.45, 7) is 2.97. The average Bonchev–Trinajstić information content (AvgIpc) is 2.58. The number of anilines is 1. The van der Waals surface area contributed by atoms with Crippen LogP contribution in [0.15, 0.2) is 46.4 Å². The fourth-order valence-electron chi connectivity index (χ4n) is 2.48. The molecule has 0 unspecified atom stereocenters. The molecule has 7 nitrogen and oxygen atoms in total. The number of aromatic nitrogens is 3. The number of aryl methyl sites for hydroxylation is 1. The van der Waals surface area contributed by atoms with Gasteiger partial charge in [-0.05, 0) is 30.7 Å². The van der Waals surface area contributed by atoms with Gasteiger partial charge in [0.05, 0.1) is 10.9 Å². The number of rotatable bonds is 4. The molecule has 0 bridgehead atoms. The summed E-state index contributed by atoms with van der Waals surface area (Å²) >= 11 is 0. The second-order valence-electron chi connectivity index (χ2n) is 5.38. The summed E-state index contributed by atoms with van der Waals surface area (Å²) in [5.41, 5.74) is 1.63. The molecule has 0 aromatic carbocycles. The van der Waals surface area contributed by atoms with Gasteiger partial charge in [-0.3, -0.25) is 14.6 Å². The maximum Gasteiger partial charge on any atom is 0.266 e. The van der Waals surface area contributed by atoms with E-state index in [-0.39, 0.29) is 11.1 Å². The summed E-state index contributed by atoms with van der Waals surface area (Å²) < 4.78 is 1.55. The SMILES string of the molecule is Cc1cnccc1NCCn1ccc2[nH]c(=O)c(C#N)cc2c1=O. The van der Waals surface area contributed by atoms with Gasteiger partial charge in [-0.25, -0.2) is 0 Å². The van der Waals surface area contributed by atoms with Crippen LogP contribution in [0, 0.1) is 18.3 Å². The first-order chi connectivity index (χ1) is 11.6. The van der Waals surface area contributed by atoms with E-state index in [0.717, 1.165) is 11.3 Å². The van der Waals surface area contributed by atoms with Crippen molar-refractivity contribution in [3.63, 3.8) is 0 Å². The molecule has 7 heteroatoms. The second kappa shape index (κ2) is 6.38. The third-order valence-corrected chi connectivity index (χ3v) is 3.79. The fraction of sp³-hybridized carbons (Fsp3) is 0.176. The molecule has 0 saturated carbocycles. The van der Waals surface area contributed by atoms with Crippen LogP contribution in [-0.4, -0.2) is 21.1 Å². The van der Waals surface area contributed by atoms with E-state index in [4.69, 9.17) is 5.26 Å². The Kier molecular flexibility index (Phi) is 4.12. The zero-order valence-corrected chi connectivity index (χ0v) is 13.0. The summed E-state index contributed by atoms with van der Waals surface area (Å²) in [5.74, 6) is 0. The van der Waals surface area contributed by atoms with Crippen LogP contribution in [0.2, 0.25) is 0 Å². The van der Waals surface area contributed by atoms with Crippen molar-refractivity contribution in [2.45, 2.75) is 13.5 Å². The van der Waals surface area contributed by atoms with Crippen molar-refractivity contribution >= 4 is 16.6 Å². The van der Waals surface area contributed by atoms with E-state index in [1.807, 2.05) is 13.0 Å². The molecule has 120 valence electrons. The standard InChI is InChI=1S/C17H15N5O2/c1-11-10-19-4-2-14(11)20-5-7-22-6-3-15-13(17(22)24)8-12(9-18)16(23)21-15/h2-4,6,8,10H,5,7H2,1H3,(H,19,20)(H,21,23). The number of nitrogens with zero attached hydrogens (tertiary/aromatic N) is 3. The van der Waals surface area contributed by atoms with Crippen molar-refractivity contribution in [3.05, 3.63) is 68.6 Å². The highest BCUT2D eigenvalue weighted by Crippen LogP contribution is 2.11. The lowest BCUT2D eigenvalue weighted by Gasteiger charge is -2.11. The van der Waals surface area contributed by atoms with Crippen LogP contribution >= 0.6 is 0 Å². The smallest absolute Gasteiger partial charge is 0.266 e. The Labute approximate surface area is 137 Å². The number of pyridine rings is 3. The first-order valence-electron chi connectivity index (χ1n) is 7.41. The third-order valence-electron chi connectivity index (χ3n) is 3.79. The van der Waals surface area contributed by atoms with Crippen molar-refractivity contribution in [1.82, 2.24) is 14.5 Å². The average molecular weight is 321 g/mol. The minimum atomic E-state index is -0.489. The maximum atomic E-state index is 12.5. The molecular weight excluding hydrogens is 306 g/mol. The predicted octanol–water partition coefficient (Wildman–Crippen LogP) is 1.38. The Hall–Kier alpha value is -3.40. The van der Waals surface area contributed by atoms with Crippen LogP contribution in [0.5, 0.6) is 0 Å². The molecule has 0 aliphatic carbocycles. The number of aromatic amines is 1. The van der Waals surface area contributed by atoms with Gasteiger partial charge in [0.25, 0.3) is 11.1 Å². The molecule has 2 N–H and O–H groups in total. The molecule has 0 aliphatic heterocycles. The molecule has 3 rings (SSSR count). The van der Waals surface area contributed by atoms with Crippen LogP contribution in [0.3, 0.4) is 0 Å². The van der Waals surface area contributed by atoms with Gasteiger partial charge in [0.2, 0.25) is 0 Å². The van der Waals surface area contributed by atoms with Gasteiger partial charge in [-0.2, -0.15) is 5.26 Å². The summed E-state index contributed by atoms with van der Waals surface area (Å²) in [6.07, 6.45) is 5.11. The van der Waals surface area contributed by atoms with E-state index in [1.165, 1.54) is 6.07 Å². The van der Waals surface area contributed by atoms with E-state index >= 15 is 0 Å². The van der Waals surface area contributed by atoms with Crippen molar-refractivity contribution in [3.8, 4) is 6.07 Å². The highest BCUT2D eigenvalue weighted by atomic mass is 16.1. The summed E-state index contributed by atoms with van der Waals surface area (Å²) in [5, 5.41) is 12.5. The number of fused-ring (bicyclic) bond motifs is 1. The molecule has 3 heterocycles. The predicted molar refractivity (Wildman–Crippen MR) is 91.0 cm³/mol. The number of H-pyrrole nitrogens is 1. The van der Waals surface area contributed by atoms with Crippen LogP contribution in [0.4, 0.5) is 5.69 Å². The number of nitrogens with one attached hydrogen (secondary N) is 2. The quantitative estimate of drug-likeness (QED) is 0.755. The summed E-state index contributed by atoms with van der Waals surface area (Å²) in [4.78, 5) is 30.7. The minimum Gasteiger partial charge on any atom is -0.383 e. The van der Waals surface area contributed by atoms with Crippen molar-refractivity contribution in [2.75, 3.05) is 11.9 Å². The molecule has 3 aromatic heterocycles. The Bertz CT molecular complexity index is 1060. The van der Waals surface area contributed by atoms with Gasteiger partial charge < -0.3 is 14.9 Å². The normalized spacial score (nSPS) is 10.5. The molecule has 3 aromatic rings. The fourth-order valence-corrected chi connectivity index (χ4v) is 2.48. The molecule has 0 spiro atoms. The highest BCUT2D eigenvalue weighted by Gasteiger charge is 2.07. The van der Waals surface area contributed by atoms with E-state index in [1.54, 1.807) is 35.3 Å². The zero-order valence-electron chi connectivity index (χ0n) is 13.0. The second-order valence-corrected chi connectivity index (χ2v) is 5.38. The molecule has 0 radical (unpaired) electrons. The van der Waals surface area contributed by atoms with Gasteiger partial charge in [-0.1, -0.05) is 0 Å². The van der Waals surface area contributed by atoms with Crippen LogP contribution in [0.1, 0.15) is 11.1 Å². The molecule has 0 amide bonds. The van der Waals surface area contributed by atoms with E-state index in [0.29, 0.717) is 24.0 Å². The molecule has 0 saturated heterocycles. The van der Waals surface area contributed by atoms with Gasteiger partial charge >= 0.3 is 0 Å². The minimum absolute atomic E-state index is 0.0668.